The molecular weight excluding hydrogens is 286 g/mol. The summed E-state index contributed by atoms with van der Waals surface area (Å²) in [5.41, 5.74) is 6.15. The molecule has 2 aromatic rings. The van der Waals surface area contributed by atoms with Gasteiger partial charge in [0.1, 0.15) is 16.5 Å². The van der Waals surface area contributed by atoms with Gasteiger partial charge in [0.05, 0.1) is 12.6 Å². The fourth-order valence-corrected chi connectivity index (χ4v) is 2.43. The Bertz CT molecular complexity index is 569. The highest BCUT2D eigenvalue weighted by molar-refractivity contribution is 7.09. The van der Waals surface area contributed by atoms with Crippen molar-refractivity contribution >= 4 is 17.2 Å². The third kappa shape index (κ3) is 4.84. The average molecular weight is 305 g/mol. The van der Waals surface area contributed by atoms with Crippen LogP contribution in [0.1, 0.15) is 34.9 Å². The first kappa shape index (κ1) is 15.5. The summed E-state index contributed by atoms with van der Waals surface area (Å²) in [5.74, 6) is 0.669. The number of thiazole rings is 1. The molecule has 0 spiro atoms. The summed E-state index contributed by atoms with van der Waals surface area (Å²) >= 11 is 1.41. The Morgan fingerprint density at radius 1 is 1.43 bits per heavy atom. The first-order chi connectivity index (χ1) is 10.2. The Labute approximate surface area is 128 Å². The van der Waals surface area contributed by atoms with E-state index in [0.29, 0.717) is 18.8 Å². The smallest absolute Gasteiger partial charge is 0.270 e. The fraction of sp³-hybridized carbons (Fsp3) is 0.333. The molecule has 0 bridgehead atoms. The predicted octanol–water partition coefficient (Wildman–Crippen LogP) is 2.36. The summed E-state index contributed by atoms with van der Waals surface area (Å²) in [5, 5.41) is 5.32. The third-order valence-corrected chi connectivity index (χ3v) is 3.81. The van der Waals surface area contributed by atoms with E-state index in [1.807, 2.05) is 37.3 Å². The number of nitrogens with zero attached hydrogens (tertiary/aromatic N) is 1. The summed E-state index contributed by atoms with van der Waals surface area (Å²) < 4.78 is 5.55. The van der Waals surface area contributed by atoms with E-state index in [4.69, 9.17) is 10.5 Å². The number of aromatic nitrogens is 1. The van der Waals surface area contributed by atoms with Crippen LogP contribution in [0, 0.1) is 0 Å². The van der Waals surface area contributed by atoms with Gasteiger partial charge >= 0.3 is 0 Å². The first-order valence-corrected chi connectivity index (χ1v) is 7.72. The Balaban J connectivity index is 1.67. The van der Waals surface area contributed by atoms with E-state index in [0.717, 1.165) is 17.2 Å². The maximum atomic E-state index is 11.9. The molecule has 1 aromatic carbocycles. The molecule has 6 heteroatoms. The molecule has 0 fully saturated rings. The van der Waals surface area contributed by atoms with Crippen LogP contribution in [0.5, 0.6) is 5.75 Å². The lowest BCUT2D eigenvalue weighted by Crippen LogP contribution is -2.26. The van der Waals surface area contributed by atoms with Crippen molar-refractivity contribution in [2.24, 2.45) is 5.73 Å². The summed E-state index contributed by atoms with van der Waals surface area (Å²) in [4.78, 5) is 16.1. The van der Waals surface area contributed by atoms with Crippen LogP contribution >= 0.6 is 11.3 Å². The zero-order valence-electron chi connectivity index (χ0n) is 11.9. The lowest BCUT2D eigenvalue weighted by molar-refractivity contribution is 0.0947. The van der Waals surface area contributed by atoms with Crippen LogP contribution in [0.2, 0.25) is 0 Å². The number of ether oxygens (including phenoxy) is 1. The standard InChI is InChI=1S/C15H19N3O2S/c1-11(16)15-18-13(10-21-15)14(19)17-8-5-9-20-12-6-3-2-4-7-12/h2-4,6-7,10-11H,5,8-9,16H2,1H3,(H,17,19). The Morgan fingerprint density at radius 2 is 2.19 bits per heavy atom. The third-order valence-electron chi connectivity index (χ3n) is 2.76. The molecule has 0 aliphatic rings. The monoisotopic (exact) mass is 305 g/mol. The van der Waals surface area contributed by atoms with Gasteiger partial charge in [0.25, 0.3) is 5.91 Å². The molecule has 2 rings (SSSR count). The first-order valence-electron chi connectivity index (χ1n) is 6.84. The van der Waals surface area contributed by atoms with Crippen molar-refractivity contribution in [1.82, 2.24) is 10.3 Å². The summed E-state index contributed by atoms with van der Waals surface area (Å²) in [6.45, 7) is 2.96. The van der Waals surface area contributed by atoms with Crippen LogP contribution in [0.3, 0.4) is 0 Å². The maximum absolute atomic E-state index is 11.9. The van der Waals surface area contributed by atoms with Crippen LogP contribution in [-0.4, -0.2) is 24.0 Å². The minimum absolute atomic E-state index is 0.143. The van der Waals surface area contributed by atoms with Gasteiger partial charge in [-0.25, -0.2) is 4.98 Å². The fourth-order valence-electron chi connectivity index (χ4n) is 1.67. The lowest BCUT2D eigenvalue weighted by atomic mass is 10.3. The SMILES string of the molecule is CC(N)c1nc(C(=O)NCCCOc2ccccc2)cs1. The quantitative estimate of drug-likeness (QED) is 0.770. The second-order valence-electron chi connectivity index (χ2n) is 4.63. The maximum Gasteiger partial charge on any atom is 0.270 e. The Kier molecular flexibility index (Phi) is 5.71. The minimum Gasteiger partial charge on any atom is -0.494 e. The van der Waals surface area contributed by atoms with E-state index in [9.17, 15) is 4.79 Å². The molecule has 1 heterocycles. The lowest BCUT2D eigenvalue weighted by Gasteiger charge is -2.06. The van der Waals surface area contributed by atoms with Gasteiger partial charge in [-0.3, -0.25) is 4.79 Å². The van der Waals surface area contributed by atoms with Gasteiger partial charge in [0, 0.05) is 11.9 Å². The van der Waals surface area contributed by atoms with E-state index in [1.54, 1.807) is 5.38 Å². The van der Waals surface area contributed by atoms with E-state index in [1.165, 1.54) is 11.3 Å². The highest BCUT2D eigenvalue weighted by Crippen LogP contribution is 2.15. The molecule has 0 aliphatic carbocycles. The van der Waals surface area contributed by atoms with Crippen molar-refractivity contribution in [3.05, 3.63) is 46.4 Å². The van der Waals surface area contributed by atoms with Crippen molar-refractivity contribution in [3.8, 4) is 5.75 Å². The number of hydrogen-bond donors (Lipinski definition) is 2. The van der Waals surface area contributed by atoms with Gasteiger partial charge in [0.2, 0.25) is 0 Å². The summed E-state index contributed by atoms with van der Waals surface area (Å²) in [6, 6.07) is 9.46. The number of nitrogens with one attached hydrogen (secondary N) is 1. The van der Waals surface area contributed by atoms with E-state index in [2.05, 4.69) is 10.3 Å². The number of hydrogen-bond acceptors (Lipinski definition) is 5. The number of benzene rings is 1. The van der Waals surface area contributed by atoms with Gasteiger partial charge in [-0.2, -0.15) is 0 Å². The van der Waals surface area contributed by atoms with E-state index >= 15 is 0 Å². The molecule has 0 saturated carbocycles. The number of rotatable bonds is 7. The molecule has 5 nitrogen and oxygen atoms in total. The molecule has 0 saturated heterocycles. The molecule has 1 aromatic heterocycles. The van der Waals surface area contributed by atoms with Crippen molar-refractivity contribution < 1.29 is 9.53 Å². The number of carbonyl (C=O) groups is 1. The normalized spacial score (nSPS) is 11.9. The van der Waals surface area contributed by atoms with Gasteiger partial charge in [0.15, 0.2) is 0 Å². The zero-order valence-corrected chi connectivity index (χ0v) is 12.7. The molecule has 1 atom stereocenters. The van der Waals surface area contributed by atoms with Crippen LogP contribution in [-0.2, 0) is 0 Å². The summed E-state index contributed by atoms with van der Waals surface area (Å²) in [7, 11) is 0. The van der Waals surface area contributed by atoms with Crippen LogP contribution in [0.4, 0.5) is 0 Å². The molecule has 1 amide bonds. The van der Waals surface area contributed by atoms with Crippen LogP contribution in [0.25, 0.3) is 0 Å². The van der Waals surface area contributed by atoms with Gasteiger partial charge < -0.3 is 15.8 Å². The largest absolute Gasteiger partial charge is 0.494 e. The van der Waals surface area contributed by atoms with Crippen LogP contribution in [0.15, 0.2) is 35.7 Å². The number of para-hydroxylation sites is 1. The Hall–Kier alpha value is -1.92. The molecule has 21 heavy (non-hydrogen) atoms. The topological polar surface area (TPSA) is 77.2 Å². The predicted molar refractivity (Wildman–Crippen MR) is 83.6 cm³/mol. The van der Waals surface area contributed by atoms with Crippen LogP contribution < -0.4 is 15.8 Å². The molecule has 0 radical (unpaired) electrons. The van der Waals surface area contributed by atoms with Gasteiger partial charge in [-0.15, -0.1) is 11.3 Å². The highest BCUT2D eigenvalue weighted by Gasteiger charge is 2.11. The molecule has 0 aliphatic heterocycles. The van der Waals surface area contributed by atoms with Gasteiger partial charge in [-0.05, 0) is 25.5 Å². The Morgan fingerprint density at radius 3 is 2.86 bits per heavy atom. The molecular formula is C15H19N3O2S. The second-order valence-corrected chi connectivity index (χ2v) is 5.52. The zero-order chi connectivity index (χ0) is 15.1. The highest BCUT2D eigenvalue weighted by atomic mass is 32.1. The molecule has 112 valence electrons. The summed E-state index contributed by atoms with van der Waals surface area (Å²) in [6.07, 6.45) is 0.741. The van der Waals surface area contributed by atoms with E-state index in [-0.39, 0.29) is 11.9 Å². The molecule has 1 unspecified atom stereocenters. The van der Waals surface area contributed by atoms with E-state index < -0.39 is 0 Å². The van der Waals surface area contributed by atoms with Crippen molar-refractivity contribution in [2.45, 2.75) is 19.4 Å². The number of amides is 1. The second kappa shape index (κ2) is 7.75. The minimum atomic E-state index is -0.169. The van der Waals surface area contributed by atoms with Crippen molar-refractivity contribution in [1.29, 1.82) is 0 Å². The number of nitrogens with two attached hydrogens (primary N) is 1. The molecule has 3 N–H and O–H groups in total. The number of carbonyl (C=O) groups excluding carboxylic acids is 1. The van der Waals surface area contributed by atoms with Crippen molar-refractivity contribution in [2.75, 3.05) is 13.2 Å². The van der Waals surface area contributed by atoms with Crippen molar-refractivity contribution in [3.63, 3.8) is 0 Å². The van der Waals surface area contributed by atoms with Gasteiger partial charge in [-0.1, -0.05) is 18.2 Å². The average Bonchev–Trinajstić information content (AvgIpc) is 2.98.